The van der Waals surface area contributed by atoms with Gasteiger partial charge >= 0.3 is 0 Å². The lowest BCUT2D eigenvalue weighted by molar-refractivity contribution is -0.0430. The average molecular weight is 319 g/mol. The predicted molar refractivity (Wildman–Crippen MR) is 66.6 cm³/mol. The molecule has 5 heteroatoms. The van der Waals surface area contributed by atoms with Crippen LogP contribution < -0.4 is 0 Å². The van der Waals surface area contributed by atoms with E-state index in [4.69, 9.17) is 4.74 Å². The van der Waals surface area contributed by atoms with Crippen molar-refractivity contribution in [2.45, 2.75) is 31.8 Å². The zero-order valence-corrected chi connectivity index (χ0v) is 11.5. The number of hydrogen-bond donors (Lipinski definition) is 0. The summed E-state index contributed by atoms with van der Waals surface area (Å²) in [7, 11) is 0. The first-order valence-electron chi connectivity index (χ1n) is 5.78. The summed E-state index contributed by atoms with van der Waals surface area (Å²) >= 11 is 2.96. The molecule has 1 atom stereocenters. The quantitative estimate of drug-likeness (QED) is 0.611. The minimum Gasteiger partial charge on any atom is -0.367 e. The molecule has 1 aliphatic heterocycles. The monoisotopic (exact) mass is 318 g/mol. The Kier molecular flexibility index (Phi) is 3.82. The molecule has 1 saturated heterocycles. The second-order valence-electron chi connectivity index (χ2n) is 4.58. The molecule has 1 heterocycles. The van der Waals surface area contributed by atoms with Crippen molar-refractivity contribution in [2.75, 3.05) is 6.61 Å². The highest BCUT2D eigenvalue weighted by atomic mass is 79.9. The van der Waals surface area contributed by atoms with Crippen LogP contribution in [-0.4, -0.2) is 18.0 Å². The molecule has 0 spiro atoms. The van der Waals surface area contributed by atoms with Crippen LogP contribution in [0.1, 0.15) is 36.5 Å². The third-order valence-electron chi connectivity index (χ3n) is 3.22. The van der Waals surface area contributed by atoms with Crippen LogP contribution in [0.25, 0.3) is 0 Å². The van der Waals surface area contributed by atoms with Crippen molar-refractivity contribution in [3.8, 4) is 0 Å². The van der Waals surface area contributed by atoms with Crippen molar-refractivity contribution in [1.29, 1.82) is 0 Å². The van der Waals surface area contributed by atoms with E-state index in [1.165, 1.54) is 6.07 Å². The smallest absolute Gasteiger partial charge is 0.200 e. The molecule has 1 fully saturated rings. The fraction of sp³-hybridized carbons (Fsp3) is 0.462. The number of halogens is 3. The van der Waals surface area contributed by atoms with E-state index in [0.717, 1.165) is 18.9 Å². The van der Waals surface area contributed by atoms with Crippen molar-refractivity contribution in [2.24, 2.45) is 0 Å². The number of benzene rings is 1. The van der Waals surface area contributed by atoms with Crippen LogP contribution in [-0.2, 0) is 4.74 Å². The molecule has 0 N–H and O–H groups in total. The fourth-order valence-electron chi connectivity index (χ4n) is 2.11. The molecule has 1 aromatic rings. The highest BCUT2D eigenvalue weighted by Gasteiger charge is 2.39. The van der Waals surface area contributed by atoms with E-state index < -0.39 is 28.6 Å². The van der Waals surface area contributed by atoms with E-state index in [1.807, 2.05) is 0 Å². The molecule has 0 aromatic heterocycles. The number of carbonyl (C=O) groups excluding carboxylic acids is 1. The molecular weight excluding hydrogens is 306 g/mol. The number of ether oxygens (including phenoxy) is 1. The van der Waals surface area contributed by atoms with Gasteiger partial charge in [-0.15, -0.1) is 0 Å². The van der Waals surface area contributed by atoms with Gasteiger partial charge in [0.25, 0.3) is 0 Å². The number of carbonyl (C=O) groups is 1. The topological polar surface area (TPSA) is 26.3 Å². The molecule has 0 bridgehead atoms. The fourth-order valence-corrected chi connectivity index (χ4v) is 2.44. The Morgan fingerprint density at radius 1 is 1.39 bits per heavy atom. The summed E-state index contributed by atoms with van der Waals surface area (Å²) in [6.45, 7) is 2.04. The lowest BCUT2D eigenvalue weighted by Gasteiger charge is -2.32. The summed E-state index contributed by atoms with van der Waals surface area (Å²) < 4.78 is 33.1. The summed E-state index contributed by atoms with van der Waals surface area (Å²) in [5.74, 6) is -2.34. The third kappa shape index (κ3) is 2.34. The molecule has 2 nitrogen and oxygen atoms in total. The lowest BCUT2D eigenvalue weighted by Crippen LogP contribution is -2.42. The summed E-state index contributed by atoms with van der Waals surface area (Å²) in [5.41, 5.74) is -1.64. The van der Waals surface area contributed by atoms with Crippen molar-refractivity contribution < 1.29 is 18.3 Å². The number of rotatable bonds is 2. The maximum atomic E-state index is 13.9. The van der Waals surface area contributed by atoms with Crippen molar-refractivity contribution in [3.05, 3.63) is 33.8 Å². The first-order valence-corrected chi connectivity index (χ1v) is 6.57. The zero-order chi connectivity index (χ0) is 13.3. The summed E-state index contributed by atoms with van der Waals surface area (Å²) in [6.07, 6.45) is 2.17. The summed E-state index contributed by atoms with van der Waals surface area (Å²) in [6, 6.07) is 2.32. The van der Waals surface area contributed by atoms with Crippen molar-refractivity contribution in [1.82, 2.24) is 0 Å². The largest absolute Gasteiger partial charge is 0.367 e. The van der Waals surface area contributed by atoms with Gasteiger partial charge in [0.2, 0.25) is 0 Å². The first-order chi connectivity index (χ1) is 8.46. The highest BCUT2D eigenvalue weighted by molar-refractivity contribution is 9.10. The van der Waals surface area contributed by atoms with E-state index in [0.29, 0.717) is 13.0 Å². The maximum absolute atomic E-state index is 13.9. The molecule has 0 radical (unpaired) electrons. The van der Waals surface area contributed by atoms with Gasteiger partial charge in [0.05, 0.1) is 10.0 Å². The molecular formula is C13H13BrF2O2. The minimum atomic E-state index is -1.12. The number of ketones is 1. The van der Waals surface area contributed by atoms with Crippen molar-refractivity contribution in [3.63, 3.8) is 0 Å². The molecule has 0 saturated carbocycles. The summed E-state index contributed by atoms with van der Waals surface area (Å²) in [5, 5.41) is 0. The number of Topliss-reactive ketones (excluding diaryl/α,β-unsaturated/α-hetero) is 1. The molecule has 0 aliphatic carbocycles. The Bertz CT molecular complexity index is 482. The van der Waals surface area contributed by atoms with E-state index in [-0.39, 0.29) is 4.47 Å². The lowest BCUT2D eigenvalue weighted by atomic mass is 9.87. The standard InChI is InChI=1S/C13H13BrF2O2/c1-13(6-2-3-7-18-13)12(17)10-9(15)5-4-8(14)11(10)16/h4-5H,2-3,6-7H2,1H3. The molecule has 18 heavy (non-hydrogen) atoms. The van der Waals surface area contributed by atoms with Crippen molar-refractivity contribution >= 4 is 21.7 Å². The van der Waals surface area contributed by atoms with Crippen LogP contribution in [0, 0.1) is 11.6 Å². The normalized spacial score (nSPS) is 24.0. The zero-order valence-electron chi connectivity index (χ0n) is 9.93. The Balaban J connectivity index is 2.42. The number of hydrogen-bond acceptors (Lipinski definition) is 2. The average Bonchev–Trinajstić information content (AvgIpc) is 2.35. The van der Waals surface area contributed by atoms with Gasteiger partial charge in [-0.2, -0.15) is 0 Å². The third-order valence-corrected chi connectivity index (χ3v) is 3.83. The SMILES string of the molecule is CC1(C(=O)c2c(F)ccc(Br)c2F)CCCCO1. The molecule has 1 aliphatic rings. The van der Waals surface area contributed by atoms with Gasteiger partial charge in [-0.25, -0.2) is 8.78 Å². The Morgan fingerprint density at radius 2 is 2.11 bits per heavy atom. The Hall–Kier alpha value is -0.810. The van der Waals surface area contributed by atoms with Crippen LogP contribution in [0.4, 0.5) is 8.78 Å². The highest BCUT2D eigenvalue weighted by Crippen LogP contribution is 2.31. The second kappa shape index (κ2) is 5.05. The Morgan fingerprint density at radius 3 is 2.72 bits per heavy atom. The van der Waals surface area contributed by atoms with Gasteiger partial charge in [-0.1, -0.05) is 0 Å². The molecule has 1 aromatic carbocycles. The van der Waals surface area contributed by atoms with Crippen LogP contribution >= 0.6 is 15.9 Å². The molecule has 0 amide bonds. The van der Waals surface area contributed by atoms with Gasteiger partial charge in [-0.05, 0) is 54.2 Å². The molecule has 1 unspecified atom stereocenters. The van der Waals surface area contributed by atoms with Gasteiger partial charge in [0.15, 0.2) is 11.6 Å². The van der Waals surface area contributed by atoms with Crippen LogP contribution in [0.15, 0.2) is 16.6 Å². The second-order valence-corrected chi connectivity index (χ2v) is 5.44. The van der Waals surface area contributed by atoms with E-state index >= 15 is 0 Å². The molecule has 2 rings (SSSR count). The van der Waals surface area contributed by atoms with Crippen LogP contribution in [0.5, 0.6) is 0 Å². The van der Waals surface area contributed by atoms with Gasteiger partial charge in [0.1, 0.15) is 11.4 Å². The first kappa shape index (κ1) is 13.6. The van der Waals surface area contributed by atoms with Crippen LogP contribution in [0.3, 0.4) is 0 Å². The van der Waals surface area contributed by atoms with Gasteiger partial charge in [-0.3, -0.25) is 4.79 Å². The van der Waals surface area contributed by atoms with E-state index in [2.05, 4.69) is 15.9 Å². The van der Waals surface area contributed by atoms with Crippen LogP contribution in [0.2, 0.25) is 0 Å². The maximum Gasteiger partial charge on any atom is 0.200 e. The predicted octanol–water partition coefficient (Wildman–Crippen LogP) is 3.87. The summed E-state index contributed by atoms with van der Waals surface area (Å²) in [4.78, 5) is 12.3. The van der Waals surface area contributed by atoms with Gasteiger partial charge in [0, 0.05) is 6.61 Å². The minimum absolute atomic E-state index is 0.0756. The Labute approximate surface area is 112 Å². The van der Waals surface area contributed by atoms with E-state index in [1.54, 1.807) is 6.92 Å². The van der Waals surface area contributed by atoms with Gasteiger partial charge < -0.3 is 4.74 Å². The van der Waals surface area contributed by atoms with E-state index in [9.17, 15) is 13.6 Å². The molecule has 98 valence electrons.